The molecule has 2 rings (SSSR count). The molecule has 0 spiro atoms. The van der Waals surface area contributed by atoms with Gasteiger partial charge in [-0.25, -0.2) is 0 Å². The SMILES string of the molecule is O=C(CCC1CCNCC1)Cc1ccc(Br)cc1Cl. The van der Waals surface area contributed by atoms with E-state index >= 15 is 0 Å². The summed E-state index contributed by atoms with van der Waals surface area (Å²) in [4.78, 5) is 12.0. The second kappa shape index (κ2) is 7.41. The Kier molecular flexibility index (Phi) is 5.86. The number of carbonyl (C=O) groups is 1. The molecule has 19 heavy (non-hydrogen) atoms. The van der Waals surface area contributed by atoms with E-state index in [1.54, 1.807) is 0 Å². The zero-order valence-corrected chi connectivity index (χ0v) is 13.3. The molecule has 0 bridgehead atoms. The van der Waals surface area contributed by atoms with Gasteiger partial charge in [0, 0.05) is 22.3 Å². The first kappa shape index (κ1) is 15.0. The Morgan fingerprint density at radius 3 is 2.79 bits per heavy atom. The summed E-state index contributed by atoms with van der Waals surface area (Å²) in [5.74, 6) is 1.01. The van der Waals surface area contributed by atoms with Crippen LogP contribution in [0.2, 0.25) is 5.02 Å². The predicted octanol–water partition coefficient (Wildman–Crippen LogP) is 3.99. The molecule has 1 heterocycles. The number of piperidine rings is 1. The van der Waals surface area contributed by atoms with Gasteiger partial charge in [-0.05, 0) is 56.0 Å². The van der Waals surface area contributed by atoms with Gasteiger partial charge in [0.25, 0.3) is 0 Å². The highest BCUT2D eigenvalue weighted by molar-refractivity contribution is 9.10. The molecular formula is C15H19BrClNO. The summed E-state index contributed by atoms with van der Waals surface area (Å²) < 4.78 is 0.948. The van der Waals surface area contributed by atoms with Crippen molar-refractivity contribution >= 4 is 33.3 Å². The van der Waals surface area contributed by atoms with Gasteiger partial charge in [-0.1, -0.05) is 33.6 Å². The monoisotopic (exact) mass is 343 g/mol. The minimum Gasteiger partial charge on any atom is -0.317 e. The number of Topliss-reactive ketones (excluding diaryl/α,β-unsaturated/α-hetero) is 1. The number of benzene rings is 1. The van der Waals surface area contributed by atoms with E-state index in [1.165, 1.54) is 12.8 Å². The van der Waals surface area contributed by atoms with E-state index in [0.717, 1.165) is 29.5 Å². The van der Waals surface area contributed by atoms with Crippen LogP contribution in [-0.2, 0) is 11.2 Å². The Morgan fingerprint density at radius 1 is 1.37 bits per heavy atom. The lowest BCUT2D eigenvalue weighted by Gasteiger charge is -2.22. The van der Waals surface area contributed by atoms with E-state index in [4.69, 9.17) is 11.6 Å². The summed E-state index contributed by atoms with van der Waals surface area (Å²) in [5.41, 5.74) is 0.931. The van der Waals surface area contributed by atoms with Gasteiger partial charge in [-0.15, -0.1) is 0 Å². The standard InChI is InChI=1S/C15H19BrClNO/c16-13-3-2-12(15(17)10-13)9-14(19)4-1-11-5-7-18-8-6-11/h2-3,10-11,18H,1,4-9H2. The van der Waals surface area contributed by atoms with Crippen molar-refractivity contribution in [1.29, 1.82) is 0 Å². The average molecular weight is 345 g/mol. The minimum atomic E-state index is 0.294. The van der Waals surface area contributed by atoms with E-state index in [0.29, 0.717) is 29.6 Å². The van der Waals surface area contributed by atoms with Gasteiger partial charge in [-0.3, -0.25) is 4.79 Å². The first-order chi connectivity index (χ1) is 9.15. The van der Waals surface area contributed by atoms with Crippen molar-refractivity contribution in [1.82, 2.24) is 5.32 Å². The smallest absolute Gasteiger partial charge is 0.137 e. The molecule has 1 aliphatic rings. The van der Waals surface area contributed by atoms with Gasteiger partial charge < -0.3 is 5.32 Å². The number of carbonyl (C=O) groups excluding carboxylic acids is 1. The summed E-state index contributed by atoms with van der Waals surface area (Å²) >= 11 is 9.50. The van der Waals surface area contributed by atoms with Crippen molar-refractivity contribution in [3.8, 4) is 0 Å². The molecule has 1 N–H and O–H groups in total. The quantitative estimate of drug-likeness (QED) is 0.875. The van der Waals surface area contributed by atoms with Gasteiger partial charge in [0.1, 0.15) is 5.78 Å². The molecule has 0 radical (unpaired) electrons. The van der Waals surface area contributed by atoms with Crippen LogP contribution in [0.25, 0.3) is 0 Å². The van der Waals surface area contributed by atoms with Crippen molar-refractivity contribution in [2.24, 2.45) is 5.92 Å². The van der Waals surface area contributed by atoms with Crippen LogP contribution in [0.1, 0.15) is 31.2 Å². The second-order valence-electron chi connectivity index (χ2n) is 5.18. The Labute approximate surface area is 128 Å². The fourth-order valence-corrected chi connectivity index (χ4v) is 3.24. The first-order valence-corrected chi connectivity index (χ1v) is 7.98. The lowest BCUT2D eigenvalue weighted by Crippen LogP contribution is -2.28. The number of halogens is 2. The molecule has 0 aliphatic carbocycles. The first-order valence-electron chi connectivity index (χ1n) is 6.81. The Morgan fingerprint density at radius 2 is 2.11 bits per heavy atom. The molecule has 0 saturated carbocycles. The van der Waals surface area contributed by atoms with Gasteiger partial charge >= 0.3 is 0 Å². The summed E-state index contributed by atoms with van der Waals surface area (Å²) in [5, 5.41) is 4.02. The molecule has 2 nitrogen and oxygen atoms in total. The summed E-state index contributed by atoms with van der Waals surface area (Å²) in [6.45, 7) is 2.19. The molecule has 1 fully saturated rings. The fraction of sp³-hybridized carbons (Fsp3) is 0.533. The van der Waals surface area contributed by atoms with Gasteiger partial charge in [0.2, 0.25) is 0 Å². The number of rotatable bonds is 5. The van der Waals surface area contributed by atoms with E-state index in [1.807, 2.05) is 18.2 Å². The molecule has 1 aromatic rings. The van der Waals surface area contributed by atoms with Crippen LogP contribution in [0.15, 0.2) is 22.7 Å². The zero-order chi connectivity index (χ0) is 13.7. The van der Waals surface area contributed by atoms with E-state index in [-0.39, 0.29) is 0 Å². The normalized spacial score (nSPS) is 16.5. The molecule has 0 aromatic heterocycles. The fourth-order valence-electron chi connectivity index (χ4n) is 2.50. The van der Waals surface area contributed by atoms with E-state index in [2.05, 4.69) is 21.2 Å². The van der Waals surface area contributed by atoms with E-state index in [9.17, 15) is 4.79 Å². The molecule has 1 saturated heterocycles. The molecule has 1 aliphatic heterocycles. The molecule has 0 atom stereocenters. The van der Waals surface area contributed by atoms with Crippen LogP contribution in [0, 0.1) is 5.92 Å². The third kappa shape index (κ3) is 4.90. The van der Waals surface area contributed by atoms with Crippen LogP contribution in [-0.4, -0.2) is 18.9 Å². The Hall–Kier alpha value is -0.380. The van der Waals surface area contributed by atoms with Gasteiger partial charge in [-0.2, -0.15) is 0 Å². The third-order valence-electron chi connectivity index (χ3n) is 3.69. The zero-order valence-electron chi connectivity index (χ0n) is 10.9. The maximum atomic E-state index is 12.0. The van der Waals surface area contributed by atoms with Crippen LogP contribution in [0.4, 0.5) is 0 Å². The van der Waals surface area contributed by atoms with Crippen molar-refractivity contribution < 1.29 is 4.79 Å². The lowest BCUT2D eigenvalue weighted by molar-refractivity contribution is -0.118. The maximum Gasteiger partial charge on any atom is 0.137 e. The highest BCUT2D eigenvalue weighted by atomic mass is 79.9. The van der Waals surface area contributed by atoms with Crippen molar-refractivity contribution in [3.63, 3.8) is 0 Å². The van der Waals surface area contributed by atoms with Gasteiger partial charge in [0.05, 0.1) is 0 Å². The molecular weight excluding hydrogens is 326 g/mol. The third-order valence-corrected chi connectivity index (χ3v) is 4.54. The Balaban J connectivity index is 1.80. The largest absolute Gasteiger partial charge is 0.317 e. The highest BCUT2D eigenvalue weighted by Gasteiger charge is 2.15. The number of nitrogens with one attached hydrogen (secondary N) is 1. The molecule has 104 valence electrons. The van der Waals surface area contributed by atoms with Gasteiger partial charge in [0.15, 0.2) is 0 Å². The number of hydrogen-bond acceptors (Lipinski definition) is 2. The van der Waals surface area contributed by atoms with Crippen molar-refractivity contribution in [2.45, 2.75) is 32.1 Å². The summed E-state index contributed by atoms with van der Waals surface area (Å²) in [7, 11) is 0. The second-order valence-corrected chi connectivity index (χ2v) is 6.51. The molecule has 0 unspecified atom stereocenters. The van der Waals surface area contributed by atoms with Crippen LogP contribution in [0.3, 0.4) is 0 Å². The predicted molar refractivity (Wildman–Crippen MR) is 82.7 cm³/mol. The maximum absolute atomic E-state index is 12.0. The molecule has 0 amide bonds. The average Bonchev–Trinajstić information content (AvgIpc) is 2.41. The van der Waals surface area contributed by atoms with Crippen LogP contribution < -0.4 is 5.32 Å². The minimum absolute atomic E-state index is 0.294. The lowest BCUT2D eigenvalue weighted by atomic mass is 9.91. The van der Waals surface area contributed by atoms with Crippen molar-refractivity contribution in [3.05, 3.63) is 33.3 Å². The van der Waals surface area contributed by atoms with Crippen LogP contribution in [0.5, 0.6) is 0 Å². The highest BCUT2D eigenvalue weighted by Crippen LogP contribution is 2.23. The van der Waals surface area contributed by atoms with E-state index < -0.39 is 0 Å². The van der Waals surface area contributed by atoms with Crippen LogP contribution >= 0.6 is 27.5 Å². The topological polar surface area (TPSA) is 29.1 Å². The molecule has 1 aromatic carbocycles. The van der Waals surface area contributed by atoms with Crippen molar-refractivity contribution in [2.75, 3.05) is 13.1 Å². The molecule has 4 heteroatoms. The summed E-state index contributed by atoms with van der Waals surface area (Å²) in [6.07, 6.45) is 4.56. The Bertz CT molecular complexity index is 444. The number of hydrogen-bond donors (Lipinski definition) is 1. The summed E-state index contributed by atoms with van der Waals surface area (Å²) in [6, 6.07) is 5.70. The number of ketones is 1.